The third kappa shape index (κ3) is 10.8. The summed E-state index contributed by atoms with van der Waals surface area (Å²) in [5.41, 5.74) is 13.9. The van der Waals surface area contributed by atoms with Gasteiger partial charge in [-0.3, -0.25) is 0 Å². The maximum absolute atomic E-state index is 12.7. The van der Waals surface area contributed by atoms with Gasteiger partial charge in [0.25, 0.3) is 0 Å². The number of esters is 1. The van der Waals surface area contributed by atoms with Gasteiger partial charge in [0.2, 0.25) is 0 Å². The lowest BCUT2D eigenvalue weighted by Crippen LogP contribution is -2.37. The molecule has 11 nitrogen and oxygen atoms in total. The van der Waals surface area contributed by atoms with Gasteiger partial charge in [0.15, 0.2) is 6.10 Å². The first-order valence-corrected chi connectivity index (χ1v) is 13.8. The molecule has 6 atom stereocenters. The Kier molecular flexibility index (Phi) is 13.3. The van der Waals surface area contributed by atoms with E-state index in [1.54, 1.807) is 33.1 Å². The van der Waals surface area contributed by atoms with E-state index in [0.29, 0.717) is 48.1 Å². The third-order valence-electron chi connectivity index (χ3n) is 7.21. The van der Waals surface area contributed by atoms with Crippen LogP contribution >= 0.6 is 0 Å². The SMILES string of the molecule is CO[C@H]1C[C@H](C)Cc2cc(cc(NC(N)=O)c2)COC(=O)/C(C)=C/CC[C@H](OC)[C@@H](OC(N)=O)/C(C)=C/[C@H](C)[C@H]1O. The van der Waals surface area contributed by atoms with Crippen LogP contribution in [0.5, 0.6) is 0 Å². The Hall–Kier alpha value is -3.41. The molecule has 0 radical (unpaired) electrons. The van der Waals surface area contributed by atoms with Crippen molar-refractivity contribution in [2.75, 3.05) is 19.5 Å². The van der Waals surface area contributed by atoms with Gasteiger partial charge in [-0.1, -0.05) is 32.1 Å². The largest absolute Gasteiger partial charge is 0.457 e. The van der Waals surface area contributed by atoms with E-state index < -0.39 is 42.5 Å². The fourth-order valence-corrected chi connectivity index (χ4v) is 5.17. The van der Waals surface area contributed by atoms with Gasteiger partial charge in [-0.05, 0) is 74.3 Å². The van der Waals surface area contributed by atoms with Crippen molar-refractivity contribution >= 4 is 23.8 Å². The number of nitrogens with one attached hydrogen (secondary N) is 1. The van der Waals surface area contributed by atoms with E-state index in [1.807, 2.05) is 32.1 Å². The zero-order valence-electron chi connectivity index (χ0n) is 24.8. The molecule has 41 heavy (non-hydrogen) atoms. The number of aliphatic hydroxyl groups is 1. The molecule has 0 aromatic heterocycles. The highest BCUT2D eigenvalue weighted by Crippen LogP contribution is 2.26. The molecule has 3 amide bonds. The van der Waals surface area contributed by atoms with Crippen molar-refractivity contribution < 1.29 is 38.4 Å². The van der Waals surface area contributed by atoms with Gasteiger partial charge in [-0.2, -0.15) is 0 Å². The molecule has 1 aromatic rings. The van der Waals surface area contributed by atoms with E-state index in [9.17, 15) is 19.5 Å². The highest BCUT2D eigenvalue weighted by molar-refractivity contribution is 5.88. The number of nitrogens with two attached hydrogens (primary N) is 2. The number of allylic oxidation sites excluding steroid dienone is 1. The van der Waals surface area contributed by atoms with Gasteiger partial charge in [0.05, 0.1) is 18.3 Å². The molecular formula is C30H45N3O8. The van der Waals surface area contributed by atoms with Crippen molar-refractivity contribution in [3.63, 3.8) is 0 Å². The van der Waals surface area contributed by atoms with Crippen LogP contribution in [0.2, 0.25) is 0 Å². The summed E-state index contributed by atoms with van der Waals surface area (Å²) in [6.45, 7) is 7.35. The number of cyclic esters (lactones) is 1. The number of aliphatic hydroxyl groups excluding tert-OH is 1. The van der Waals surface area contributed by atoms with Gasteiger partial charge < -0.3 is 40.8 Å². The normalized spacial score (nSPS) is 29.6. The number of fused-ring (bicyclic) bond motifs is 2. The molecule has 2 rings (SSSR count). The van der Waals surface area contributed by atoms with Crippen molar-refractivity contribution in [3.8, 4) is 0 Å². The topological polar surface area (TPSA) is 172 Å². The Bertz CT molecular complexity index is 1120. The number of rotatable bonds is 4. The van der Waals surface area contributed by atoms with E-state index in [2.05, 4.69) is 5.32 Å². The van der Waals surface area contributed by atoms with E-state index in [-0.39, 0.29) is 18.4 Å². The van der Waals surface area contributed by atoms with Crippen LogP contribution in [0.1, 0.15) is 58.1 Å². The third-order valence-corrected chi connectivity index (χ3v) is 7.21. The number of urea groups is 1. The molecule has 1 aromatic carbocycles. The Balaban J connectivity index is 2.48. The monoisotopic (exact) mass is 575 g/mol. The zero-order valence-corrected chi connectivity index (χ0v) is 24.8. The summed E-state index contributed by atoms with van der Waals surface area (Å²) in [4.78, 5) is 36.0. The van der Waals surface area contributed by atoms with Crippen LogP contribution in [0.15, 0.2) is 41.5 Å². The second kappa shape index (κ2) is 16.1. The summed E-state index contributed by atoms with van der Waals surface area (Å²) in [7, 11) is 3.07. The maximum atomic E-state index is 12.7. The predicted octanol–water partition coefficient (Wildman–Crippen LogP) is 3.97. The van der Waals surface area contributed by atoms with Crippen LogP contribution in [0, 0.1) is 11.8 Å². The molecule has 0 saturated carbocycles. The molecule has 0 fully saturated rings. The second-order valence-corrected chi connectivity index (χ2v) is 10.8. The Morgan fingerprint density at radius 2 is 1.71 bits per heavy atom. The lowest BCUT2D eigenvalue weighted by molar-refractivity contribution is -0.140. The maximum Gasteiger partial charge on any atom is 0.405 e. The fourth-order valence-electron chi connectivity index (χ4n) is 5.17. The number of carbonyl (C=O) groups excluding carboxylic acids is 3. The molecule has 11 heteroatoms. The average Bonchev–Trinajstić information content (AvgIpc) is 2.89. The number of primary amides is 2. The molecule has 1 aliphatic heterocycles. The summed E-state index contributed by atoms with van der Waals surface area (Å²) in [5.74, 6) is -0.755. The number of anilines is 1. The first-order chi connectivity index (χ1) is 19.3. The summed E-state index contributed by atoms with van der Waals surface area (Å²) >= 11 is 0. The fraction of sp³-hybridized carbons (Fsp3) is 0.567. The Morgan fingerprint density at radius 3 is 2.32 bits per heavy atom. The molecule has 2 bridgehead atoms. The molecule has 0 spiro atoms. The molecule has 0 aliphatic carbocycles. The lowest BCUT2D eigenvalue weighted by atomic mass is 9.88. The number of carbonyl (C=O) groups is 3. The molecule has 6 N–H and O–H groups in total. The minimum atomic E-state index is -0.941. The van der Waals surface area contributed by atoms with E-state index in [1.165, 1.54) is 7.11 Å². The molecule has 1 aliphatic rings. The van der Waals surface area contributed by atoms with Crippen molar-refractivity contribution in [1.29, 1.82) is 0 Å². The quantitative estimate of drug-likeness (QED) is 0.308. The molecule has 0 unspecified atom stereocenters. The smallest absolute Gasteiger partial charge is 0.405 e. The van der Waals surface area contributed by atoms with E-state index in [4.69, 9.17) is 30.4 Å². The van der Waals surface area contributed by atoms with Crippen LogP contribution in [0.25, 0.3) is 0 Å². The van der Waals surface area contributed by atoms with Gasteiger partial charge in [0, 0.05) is 31.4 Å². The second-order valence-electron chi connectivity index (χ2n) is 10.8. The highest BCUT2D eigenvalue weighted by Gasteiger charge is 2.30. The van der Waals surface area contributed by atoms with Gasteiger partial charge >= 0.3 is 18.1 Å². The van der Waals surface area contributed by atoms with Gasteiger partial charge in [0.1, 0.15) is 6.61 Å². The van der Waals surface area contributed by atoms with Crippen LogP contribution in [0.4, 0.5) is 15.3 Å². The number of hydrogen-bond donors (Lipinski definition) is 4. The van der Waals surface area contributed by atoms with E-state index in [0.717, 1.165) is 5.56 Å². The van der Waals surface area contributed by atoms with E-state index >= 15 is 0 Å². The molecule has 228 valence electrons. The van der Waals surface area contributed by atoms with Crippen LogP contribution in [-0.2, 0) is 36.8 Å². The molecular weight excluding hydrogens is 530 g/mol. The molecule has 1 heterocycles. The minimum absolute atomic E-state index is 0.00415. The number of ether oxygens (including phenoxy) is 4. The van der Waals surface area contributed by atoms with Crippen LogP contribution in [-0.4, -0.2) is 61.8 Å². The van der Waals surface area contributed by atoms with Crippen molar-refractivity contribution in [2.45, 2.75) is 84.4 Å². The lowest BCUT2D eigenvalue weighted by Gasteiger charge is -2.30. The number of benzene rings is 1. The van der Waals surface area contributed by atoms with Crippen LogP contribution < -0.4 is 16.8 Å². The molecule has 0 saturated heterocycles. The first kappa shape index (κ1) is 33.8. The zero-order chi connectivity index (χ0) is 30.7. The number of hydrogen-bond acceptors (Lipinski definition) is 8. The van der Waals surface area contributed by atoms with Crippen molar-refractivity contribution in [3.05, 3.63) is 52.6 Å². The number of methoxy groups -OCH3 is 2. The Labute approximate surface area is 242 Å². The van der Waals surface area contributed by atoms with Gasteiger partial charge in [-0.15, -0.1) is 0 Å². The summed E-state index contributed by atoms with van der Waals surface area (Å²) in [6.07, 6.45) is 1.97. The standard InChI is InChI=1S/C30H45N3O8/c1-17-10-21-13-22(15-23(14-21)33-29(31)36)16-40-28(35)18(2)8-7-9-24(38-5)27(41-30(32)37)20(4)12-19(3)26(34)25(11-17)39-6/h8,12-15,17,19,24-27,34H,7,9-11,16H2,1-6H3,(H2,32,37)(H3,31,33,36)/b18-8+,20-12+/t17-,19+,24+,25+,26-,27+/m1/s1. The average molecular weight is 576 g/mol. The summed E-state index contributed by atoms with van der Waals surface area (Å²) < 4.78 is 22.3. The minimum Gasteiger partial charge on any atom is -0.457 e. The van der Waals surface area contributed by atoms with Crippen molar-refractivity contribution in [2.24, 2.45) is 23.3 Å². The Morgan fingerprint density at radius 1 is 1.05 bits per heavy atom. The van der Waals surface area contributed by atoms with Crippen molar-refractivity contribution in [1.82, 2.24) is 0 Å². The number of amides is 3. The van der Waals surface area contributed by atoms with Crippen LogP contribution in [0.3, 0.4) is 0 Å². The van der Waals surface area contributed by atoms with Gasteiger partial charge in [-0.25, -0.2) is 14.4 Å². The highest BCUT2D eigenvalue weighted by atomic mass is 16.6. The predicted molar refractivity (Wildman–Crippen MR) is 155 cm³/mol. The first-order valence-electron chi connectivity index (χ1n) is 13.8. The summed E-state index contributed by atoms with van der Waals surface area (Å²) in [5, 5.41) is 13.8. The summed E-state index contributed by atoms with van der Waals surface area (Å²) in [6, 6.07) is 4.75.